The highest BCUT2D eigenvalue weighted by molar-refractivity contribution is 5.79. The van der Waals surface area contributed by atoms with Crippen LogP contribution in [0.25, 0.3) is 11.1 Å². The van der Waals surface area contributed by atoms with Crippen molar-refractivity contribution >= 4 is 6.09 Å². The Labute approximate surface area is 188 Å². The lowest BCUT2D eigenvalue weighted by Gasteiger charge is -2.36. The monoisotopic (exact) mass is 429 g/mol. The Morgan fingerprint density at radius 3 is 2.28 bits per heavy atom. The Balaban J connectivity index is 1.28. The van der Waals surface area contributed by atoms with Crippen molar-refractivity contribution in [1.29, 1.82) is 0 Å². The van der Waals surface area contributed by atoms with E-state index >= 15 is 0 Å². The summed E-state index contributed by atoms with van der Waals surface area (Å²) >= 11 is 0. The van der Waals surface area contributed by atoms with Gasteiger partial charge in [0.2, 0.25) is 0 Å². The molecule has 2 atom stereocenters. The van der Waals surface area contributed by atoms with E-state index in [2.05, 4.69) is 24.3 Å². The first-order valence-corrected chi connectivity index (χ1v) is 11.1. The molecule has 2 aliphatic rings. The van der Waals surface area contributed by atoms with Crippen LogP contribution in [-0.4, -0.2) is 48.5 Å². The van der Waals surface area contributed by atoms with Crippen molar-refractivity contribution in [2.75, 3.05) is 26.4 Å². The number of aliphatic hydroxyl groups is 1. The van der Waals surface area contributed by atoms with Crippen molar-refractivity contribution in [3.63, 3.8) is 0 Å². The molecule has 5 heteroatoms. The quantitative estimate of drug-likeness (QED) is 0.635. The van der Waals surface area contributed by atoms with Crippen molar-refractivity contribution in [2.24, 2.45) is 0 Å². The van der Waals surface area contributed by atoms with Crippen LogP contribution in [0.3, 0.4) is 0 Å². The maximum absolute atomic E-state index is 13.1. The summed E-state index contributed by atoms with van der Waals surface area (Å²) in [6, 6.07) is 25.9. The topological polar surface area (TPSA) is 59.0 Å². The van der Waals surface area contributed by atoms with E-state index in [0.717, 1.165) is 5.56 Å². The van der Waals surface area contributed by atoms with Gasteiger partial charge < -0.3 is 19.5 Å². The molecule has 5 rings (SSSR count). The third kappa shape index (κ3) is 4.01. The summed E-state index contributed by atoms with van der Waals surface area (Å²) in [5.74, 6) is 0.0285. The van der Waals surface area contributed by atoms with Gasteiger partial charge in [0.1, 0.15) is 6.61 Å². The molecule has 1 saturated heterocycles. The van der Waals surface area contributed by atoms with Crippen LogP contribution >= 0.6 is 0 Å². The number of hydrogen-bond donors (Lipinski definition) is 1. The smallest absolute Gasteiger partial charge is 0.410 e. The highest BCUT2D eigenvalue weighted by atomic mass is 16.6. The molecule has 1 aliphatic heterocycles. The lowest BCUT2D eigenvalue weighted by molar-refractivity contribution is -0.0249. The van der Waals surface area contributed by atoms with E-state index in [4.69, 9.17) is 9.47 Å². The van der Waals surface area contributed by atoms with Gasteiger partial charge in [-0.3, -0.25) is 0 Å². The molecule has 5 nitrogen and oxygen atoms in total. The highest BCUT2D eigenvalue weighted by Crippen LogP contribution is 2.44. The minimum atomic E-state index is -0.660. The van der Waals surface area contributed by atoms with Crippen molar-refractivity contribution in [2.45, 2.75) is 24.5 Å². The molecule has 164 valence electrons. The molecule has 1 heterocycles. The summed E-state index contributed by atoms with van der Waals surface area (Å²) in [6.45, 7) is 1.62. The molecule has 1 amide bonds. The Hall–Kier alpha value is -3.15. The zero-order valence-electron chi connectivity index (χ0n) is 17.9. The number of carbonyl (C=O) groups excluding carboxylic acids is 1. The molecule has 3 aromatic carbocycles. The fraction of sp³-hybridized carbons (Fsp3) is 0.296. The first kappa shape index (κ1) is 20.7. The molecular formula is C27H27NO4. The number of hydrogen-bond acceptors (Lipinski definition) is 4. The largest absolute Gasteiger partial charge is 0.448 e. The van der Waals surface area contributed by atoms with E-state index in [9.17, 15) is 9.90 Å². The van der Waals surface area contributed by atoms with Gasteiger partial charge in [0, 0.05) is 18.9 Å². The summed E-state index contributed by atoms with van der Waals surface area (Å²) in [6.07, 6.45) is -0.596. The number of morpholine rings is 1. The number of amides is 1. The Bertz CT molecular complexity index is 1040. The second-order valence-electron chi connectivity index (χ2n) is 8.39. The molecule has 0 spiro atoms. The van der Waals surface area contributed by atoms with Gasteiger partial charge in [0.15, 0.2) is 0 Å². The standard InChI is InChI=1S/C27H27NO4/c29-26(19-8-2-1-3-9-19)16-20-17-31-15-14-28(20)27(30)32-18-25-23-12-6-4-10-21(23)22-11-5-7-13-24(22)25/h1-13,20,25-26,29H,14-18H2. The molecule has 0 radical (unpaired) electrons. The van der Waals surface area contributed by atoms with Crippen molar-refractivity contribution in [3.05, 3.63) is 95.6 Å². The van der Waals surface area contributed by atoms with E-state index in [1.165, 1.54) is 22.3 Å². The van der Waals surface area contributed by atoms with Crippen LogP contribution in [0.5, 0.6) is 0 Å². The minimum absolute atomic E-state index is 0.0285. The highest BCUT2D eigenvalue weighted by Gasteiger charge is 2.33. The Kier molecular flexibility index (Phi) is 5.93. The lowest BCUT2D eigenvalue weighted by atomic mass is 9.98. The van der Waals surface area contributed by atoms with Crippen LogP contribution < -0.4 is 0 Å². The van der Waals surface area contributed by atoms with Gasteiger partial charge in [-0.1, -0.05) is 78.9 Å². The average molecular weight is 430 g/mol. The third-order valence-electron chi connectivity index (χ3n) is 6.48. The average Bonchev–Trinajstić information content (AvgIpc) is 3.17. The third-order valence-corrected chi connectivity index (χ3v) is 6.48. The molecule has 32 heavy (non-hydrogen) atoms. The van der Waals surface area contributed by atoms with Crippen molar-refractivity contribution < 1.29 is 19.4 Å². The molecule has 1 aliphatic carbocycles. The molecule has 0 saturated carbocycles. The van der Waals surface area contributed by atoms with E-state index < -0.39 is 6.10 Å². The van der Waals surface area contributed by atoms with Gasteiger partial charge in [0.25, 0.3) is 0 Å². The lowest BCUT2D eigenvalue weighted by Crippen LogP contribution is -2.49. The van der Waals surface area contributed by atoms with Crippen LogP contribution in [0.2, 0.25) is 0 Å². The number of nitrogens with zero attached hydrogens (tertiary/aromatic N) is 1. The van der Waals surface area contributed by atoms with Crippen LogP contribution in [0.15, 0.2) is 78.9 Å². The fourth-order valence-corrected chi connectivity index (χ4v) is 4.84. The molecule has 1 fully saturated rings. The van der Waals surface area contributed by atoms with E-state index in [1.807, 2.05) is 54.6 Å². The van der Waals surface area contributed by atoms with Gasteiger partial charge in [0.05, 0.1) is 25.4 Å². The second kappa shape index (κ2) is 9.15. The summed E-state index contributed by atoms with van der Waals surface area (Å²) < 4.78 is 11.5. The first-order chi connectivity index (χ1) is 15.7. The number of ether oxygens (including phenoxy) is 2. The number of fused-ring (bicyclic) bond motifs is 3. The van der Waals surface area contributed by atoms with Crippen LogP contribution in [0.4, 0.5) is 4.79 Å². The molecular weight excluding hydrogens is 402 g/mol. The van der Waals surface area contributed by atoms with Crippen LogP contribution in [0.1, 0.15) is 35.1 Å². The summed E-state index contributed by atoms with van der Waals surface area (Å²) in [4.78, 5) is 14.8. The molecule has 1 N–H and O–H groups in total. The molecule has 0 bridgehead atoms. The van der Waals surface area contributed by atoms with E-state index in [-0.39, 0.29) is 24.7 Å². The van der Waals surface area contributed by atoms with Gasteiger partial charge in [-0.2, -0.15) is 0 Å². The number of aliphatic hydroxyl groups excluding tert-OH is 1. The molecule has 3 aromatic rings. The number of benzene rings is 3. The predicted octanol–water partition coefficient (Wildman–Crippen LogP) is 4.76. The van der Waals surface area contributed by atoms with Gasteiger partial charge in [-0.25, -0.2) is 4.79 Å². The van der Waals surface area contributed by atoms with E-state index in [1.54, 1.807) is 4.90 Å². The Morgan fingerprint density at radius 2 is 1.59 bits per heavy atom. The summed E-state index contributed by atoms with van der Waals surface area (Å²) in [7, 11) is 0. The normalized spacial score (nSPS) is 18.7. The zero-order valence-corrected chi connectivity index (χ0v) is 17.9. The van der Waals surface area contributed by atoms with Crippen molar-refractivity contribution in [3.8, 4) is 11.1 Å². The maximum Gasteiger partial charge on any atom is 0.410 e. The Morgan fingerprint density at radius 1 is 0.969 bits per heavy atom. The van der Waals surface area contributed by atoms with E-state index in [0.29, 0.717) is 26.2 Å². The van der Waals surface area contributed by atoms with Gasteiger partial charge in [-0.15, -0.1) is 0 Å². The fourth-order valence-electron chi connectivity index (χ4n) is 4.84. The minimum Gasteiger partial charge on any atom is -0.448 e. The second-order valence-corrected chi connectivity index (χ2v) is 8.39. The summed E-state index contributed by atoms with van der Waals surface area (Å²) in [5.41, 5.74) is 5.64. The van der Waals surface area contributed by atoms with Gasteiger partial charge in [-0.05, 0) is 27.8 Å². The summed E-state index contributed by atoms with van der Waals surface area (Å²) in [5, 5.41) is 10.7. The predicted molar refractivity (Wildman–Crippen MR) is 122 cm³/mol. The number of carbonyl (C=O) groups is 1. The van der Waals surface area contributed by atoms with Crippen molar-refractivity contribution in [1.82, 2.24) is 4.90 Å². The molecule has 0 aromatic heterocycles. The van der Waals surface area contributed by atoms with Crippen LogP contribution in [0, 0.1) is 0 Å². The van der Waals surface area contributed by atoms with Crippen LogP contribution in [-0.2, 0) is 9.47 Å². The van der Waals surface area contributed by atoms with Gasteiger partial charge >= 0.3 is 6.09 Å². The zero-order chi connectivity index (χ0) is 21.9. The SMILES string of the molecule is O=C(OCC1c2ccccc2-c2ccccc21)N1CCOCC1CC(O)c1ccccc1. The maximum atomic E-state index is 13.1. The first-order valence-electron chi connectivity index (χ1n) is 11.1. The molecule has 2 unspecified atom stereocenters. The number of rotatable bonds is 5.